The number of hydrogen-bond donors (Lipinski definition) is 4. The van der Waals surface area contributed by atoms with Crippen LogP contribution in [0.5, 0.6) is 0 Å². The van der Waals surface area contributed by atoms with Crippen molar-refractivity contribution in [3.05, 3.63) is 57.5 Å². The number of rotatable bonds is 2. The zero-order chi connectivity index (χ0) is 16.0. The van der Waals surface area contributed by atoms with Gasteiger partial charge in [-0.25, -0.2) is 0 Å². The van der Waals surface area contributed by atoms with E-state index in [-0.39, 0.29) is 12.5 Å². The Morgan fingerprint density at radius 2 is 2.04 bits per heavy atom. The van der Waals surface area contributed by atoms with Gasteiger partial charge in [0.05, 0.1) is 6.10 Å². The van der Waals surface area contributed by atoms with Gasteiger partial charge >= 0.3 is 0 Å². The van der Waals surface area contributed by atoms with E-state index in [2.05, 4.69) is 23.5 Å². The summed E-state index contributed by atoms with van der Waals surface area (Å²) >= 11 is 0. The van der Waals surface area contributed by atoms with E-state index in [1.807, 2.05) is 0 Å². The predicted molar refractivity (Wildman–Crippen MR) is 88.6 cm³/mol. The van der Waals surface area contributed by atoms with Gasteiger partial charge in [-0.1, -0.05) is 23.8 Å². The molecule has 122 valence electrons. The molecular weight excluding hydrogens is 290 g/mol. The molecule has 4 rings (SSSR count). The molecule has 4 N–H and O–H groups in total. The SMILES string of the molecule is OCCC1CC2=C(C3=C(O)NCC4=C3C(=CC2)C=CC4)C(O)C1. The van der Waals surface area contributed by atoms with Crippen LogP contribution < -0.4 is 5.32 Å². The maximum atomic E-state index is 10.8. The Morgan fingerprint density at radius 1 is 1.17 bits per heavy atom. The third-order valence-corrected chi connectivity index (χ3v) is 5.44. The molecule has 0 amide bonds. The average molecular weight is 313 g/mol. The van der Waals surface area contributed by atoms with Crippen LogP contribution >= 0.6 is 0 Å². The van der Waals surface area contributed by atoms with Crippen LogP contribution in [0.25, 0.3) is 0 Å². The highest BCUT2D eigenvalue weighted by molar-refractivity contribution is 5.68. The van der Waals surface area contributed by atoms with Crippen molar-refractivity contribution in [1.82, 2.24) is 5.32 Å². The second-order valence-electron chi connectivity index (χ2n) is 6.88. The standard InChI is InChI=1S/C19H23NO3/c21-7-6-11-8-13-5-4-12-2-1-3-14-10-20-19(23)18(16(12)14)17(13)15(22)9-11/h1-2,4,11,15,20-23H,3,5-10H2. The van der Waals surface area contributed by atoms with Crippen molar-refractivity contribution in [1.29, 1.82) is 0 Å². The zero-order valence-electron chi connectivity index (χ0n) is 13.2. The van der Waals surface area contributed by atoms with Gasteiger partial charge in [0, 0.05) is 18.7 Å². The van der Waals surface area contributed by atoms with Crippen molar-refractivity contribution in [3.8, 4) is 0 Å². The first-order chi connectivity index (χ1) is 11.2. The molecule has 4 nitrogen and oxygen atoms in total. The number of aliphatic hydroxyl groups excluding tert-OH is 3. The van der Waals surface area contributed by atoms with Crippen LogP contribution in [-0.2, 0) is 0 Å². The molecule has 0 bridgehead atoms. The molecule has 0 fully saturated rings. The molecule has 4 aliphatic rings. The Hall–Kier alpha value is -1.78. The first kappa shape index (κ1) is 14.8. The van der Waals surface area contributed by atoms with Crippen LogP contribution in [0.15, 0.2) is 57.5 Å². The number of nitrogens with one attached hydrogen (secondary N) is 1. The summed E-state index contributed by atoms with van der Waals surface area (Å²) in [6.45, 7) is 0.826. The molecule has 0 saturated heterocycles. The Bertz CT molecular complexity index is 693. The number of fused-ring (bicyclic) bond motifs is 1. The van der Waals surface area contributed by atoms with E-state index in [1.54, 1.807) is 0 Å². The molecule has 4 heteroatoms. The highest BCUT2D eigenvalue weighted by atomic mass is 16.3. The van der Waals surface area contributed by atoms with E-state index < -0.39 is 6.10 Å². The van der Waals surface area contributed by atoms with Crippen molar-refractivity contribution in [2.24, 2.45) is 5.92 Å². The van der Waals surface area contributed by atoms with Gasteiger partial charge in [0.1, 0.15) is 0 Å². The summed E-state index contributed by atoms with van der Waals surface area (Å²) in [6.07, 6.45) is 9.92. The van der Waals surface area contributed by atoms with Crippen LogP contribution in [0.3, 0.4) is 0 Å². The van der Waals surface area contributed by atoms with Gasteiger partial charge < -0.3 is 20.6 Å². The smallest absolute Gasteiger partial charge is 0.192 e. The third-order valence-electron chi connectivity index (χ3n) is 5.44. The monoisotopic (exact) mass is 313 g/mol. The minimum Gasteiger partial charge on any atom is -0.494 e. The van der Waals surface area contributed by atoms with Gasteiger partial charge in [-0.05, 0) is 60.3 Å². The quantitative estimate of drug-likeness (QED) is 0.632. The van der Waals surface area contributed by atoms with Gasteiger partial charge in [0.15, 0.2) is 5.88 Å². The van der Waals surface area contributed by atoms with Gasteiger partial charge in [-0.3, -0.25) is 0 Å². The van der Waals surface area contributed by atoms with E-state index in [4.69, 9.17) is 0 Å². The molecular formula is C19H23NO3. The van der Waals surface area contributed by atoms with Gasteiger partial charge in [0.2, 0.25) is 0 Å². The van der Waals surface area contributed by atoms with Gasteiger partial charge in [-0.2, -0.15) is 0 Å². The normalized spacial score (nSPS) is 29.7. The molecule has 2 atom stereocenters. The summed E-state index contributed by atoms with van der Waals surface area (Å²) in [5, 5.41) is 33.6. The van der Waals surface area contributed by atoms with Gasteiger partial charge in [-0.15, -0.1) is 0 Å². The van der Waals surface area contributed by atoms with E-state index in [1.165, 1.54) is 11.1 Å². The zero-order valence-corrected chi connectivity index (χ0v) is 13.2. The fourth-order valence-electron chi connectivity index (χ4n) is 4.41. The molecule has 2 unspecified atom stereocenters. The summed E-state index contributed by atoms with van der Waals surface area (Å²) in [5.41, 5.74) is 6.49. The van der Waals surface area contributed by atoms with E-state index >= 15 is 0 Å². The van der Waals surface area contributed by atoms with Crippen molar-refractivity contribution >= 4 is 0 Å². The number of dihydropyridines is 1. The molecule has 1 aliphatic heterocycles. The molecule has 0 radical (unpaired) electrons. The summed E-state index contributed by atoms with van der Waals surface area (Å²) in [7, 11) is 0. The van der Waals surface area contributed by atoms with Crippen molar-refractivity contribution in [3.63, 3.8) is 0 Å². The summed E-state index contributed by atoms with van der Waals surface area (Å²) in [5.74, 6) is 0.509. The minimum atomic E-state index is -0.570. The summed E-state index contributed by atoms with van der Waals surface area (Å²) in [6, 6.07) is 0. The fraction of sp³-hybridized carbons (Fsp3) is 0.474. The number of hydrogen-bond acceptors (Lipinski definition) is 4. The first-order valence-electron chi connectivity index (χ1n) is 8.46. The maximum Gasteiger partial charge on any atom is 0.192 e. The highest BCUT2D eigenvalue weighted by Gasteiger charge is 2.36. The average Bonchev–Trinajstić information content (AvgIpc) is 2.70. The number of aliphatic hydroxyl groups is 3. The predicted octanol–water partition coefficient (Wildman–Crippen LogP) is 2.40. The number of allylic oxidation sites excluding steroid dienone is 6. The Kier molecular flexibility index (Phi) is 3.66. The molecule has 23 heavy (non-hydrogen) atoms. The fourth-order valence-corrected chi connectivity index (χ4v) is 4.41. The first-order valence-corrected chi connectivity index (χ1v) is 8.46. The molecule has 0 aromatic carbocycles. The highest BCUT2D eigenvalue weighted by Crippen LogP contribution is 2.46. The maximum absolute atomic E-state index is 10.8. The molecule has 0 aromatic rings. The van der Waals surface area contributed by atoms with E-state index in [9.17, 15) is 15.3 Å². The lowest BCUT2D eigenvalue weighted by Gasteiger charge is -2.34. The van der Waals surface area contributed by atoms with Crippen LogP contribution in [0.2, 0.25) is 0 Å². The lowest BCUT2D eigenvalue weighted by molar-refractivity contribution is 0.148. The van der Waals surface area contributed by atoms with Crippen molar-refractivity contribution < 1.29 is 15.3 Å². The van der Waals surface area contributed by atoms with Crippen LogP contribution in [-0.4, -0.2) is 34.6 Å². The topological polar surface area (TPSA) is 72.7 Å². The Balaban J connectivity index is 1.84. The van der Waals surface area contributed by atoms with Crippen LogP contribution in [0.4, 0.5) is 0 Å². The third kappa shape index (κ3) is 2.37. The lowest BCUT2D eigenvalue weighted by Crippen LogP contribution is -2.31. The van der Waals surface area contributed by atoms with E-state index in [0.717, 1.165) is 48.0 Å². The second-order valence-corrected chi connectivity index (χ2v) is 6.88. The van der Waals surface area contributed by atoms with E-state index in [0.29, 0.717) is 18.9 Å². The van der Waals surface area contributed by atoms with Crippen molar-refractivity contribution in [2.75, 3.05) is 13.2 Å². The Labute approximate surface area is 136 Å². The largest absolute Gasteiger partial charge is 0.494 e. The van der Waals surface area contributed by atoms with Gasteiger partial charge in [0.25, 0.3) is 0 Å². The van der Waals surface area contributed by atoms with Crippen LogP contribution in [0.1, 0.15) is 32.1 Å². The molecule has 1 heterocycles. The summed E-state index contributed by atoms with van der Waals surface area (Å²) < 4.78 is 0. The Morgan fingerprint density at radius 3 is 2.87 bits per heavy atom. The lowest BCUT2D eigenvalue weighted by atomic mass is 9.75. The molecule has 3 aliphatic carbocycles. The minimum absolute atomic E-state index is 0.161. The molecule has 0 aromatic heterocycles. The second kappa shape index (κ2) is 5.69. The van der Waals surface area contributed by atoms with Crippen LogP contribution in [0, 0.1) is 5.92 Å². The molecule has 0 saturated carbocycles. The summed E-state index contributed by atoms with van der Waals surface area (Å²) in [4.78, 5) is 0. The molecule has 0 spiro atoms. The van der Waals surface area contributed by atoms with Crippen molar-refractivity contribution in [2.45, 2.75) is 38.2 Å².